The molecule has 0 fully saturated rings. The average molecular weight is 209 g/mol. The molecule has 1 aromatic heterocycles. The number of aliphatic hydroxyl groups is 1. The molecule has 0 atom stereocenters. The summed E-state index contributed by atoms with van der Waals surface area (Å²) in [6.45, 7) is 4.33. The Kier molecular flexibility index (Phi) is 5.07. The van der Waals surface area contributed by atoms with E-state index >= 15 is 0 Å². The SMILES string of the molecule is CCCN(CCO)c1ccc(CN)nc1. The van der Waals surface area contributed by atoms with Gasteiger partial charge in [0.25, 0.3) is 0 Å². The van der Waals surface area contributed by atoms with Gasteiger partial charge in [0.05, 0.1) is 24.2 Å². The molecule has 0 radical (unpaired) electrons. The maximum atomic E-state index is 8.94. The van der Waals surface area contributed by atoms with Crippen molar-refractivity contribution < 1.29 is 5.11 Å². The largest absolute Gasteiger partial charge is 0.395 e. The standard InChI is InChI=1S/C11H19N3O/c1-2-5-14(6-7-15)11-4-3-10(8-12)13-9-11/h3-4,9,15H,2,5-8,12H2,1H3. The first-order valence-electron chi connectivity index (χ1n) is 5.32. The number of hydrogen-bond acceptors (Lipinski definition) is 4. The van der Waals surface area contributed by atoms with E-state index < -0.39 is 0 Å². The van der Waals surface area contributed by atoms with Gasteiger partial charge in [0.1, 0.15) is 0 Å². The van der Waals surface area contributed by atoms with Gasteiger partial charge in [0.15, 0.2) is 0 Å². The van der Waals surface area contributed by atoms with Crippen molar-refractivity contribution in [3.05, 3.63) is 24.0 Å². The first kappa shape index (κ1) is 11.9. The van der Waals surface area contributed by atoms with Crippen LogP contribution >= 0.6 is 0 Å². The molecule has 0 spiro atoms. The summed E-state index contributed by atoms with van der Waals surface area (Å²) in [6.07, 6.45) is 2.87. The highest BCUT2D eigenvalue weighted by atomic mass is 16.3. The zero-order chi connectivity index (χ0) is 11.1. The quantitative estimate of drug-likeness (QED) is 0.725. The van der Waals surface area contributed by atoms with E-state index in [4.69, 9.17) is 10.8 Å². The summed E-state index contributed by atoms with van der Waals surface area (Å²) in [5.74, 6) is 0. The molecule has 0 aliphatic rings. The van der Waals surface area contributed by atoms with E-state index in [1.807, 2.05) is 18.3 Å². The molecule has 0 saturated heterocycles. The van der Waals surface area contributed by atoms with E-state index in [0.29, 0.717) is 13.1 Å². The van der Waals surface area contributed by atoms with Gasteiger partial charge < -0.3 is 15.7 Å². The third-order valence-electron chi connectivity index (χ3n) is 2.25. The van der Waals surface area contributed by atoms with Gasteiger partial charge in [-0.3, -0.25) is 4.98 Å². The van der Waals surface area contributed by atoms with Gasteiger partial charge in [-0.2, -0.15) is 0 Å². The zero-order valence-electron chi connectivity index (χ0n) is 9.19. The molecule has 0 saturated carbocycles. The summed E-state index contributed by atoms with van der Waals surface area (Å²) >= 11 is 0. The number of aromatic nitrogens is 1. The second-order valence-electron chi connectivity index (χ2n) is 3.42. The number of anilines is 1. The predicted molar refractivity (Wildman–Crippen MR) is 61.7 cm³/mol. The molecule has 1 aromatic rings. The predicted octanol–water partition coefficient (Wildman–Crippen LogP) is 0.749. The van der Waals surface area contributed by atoms with Gasteiger partial charge in [0.2, 0.25) is 0 Å². The molecule has 15 heavy (non-hydrogen) atoms. The van der Waals surface area contributed by atoms with Crippen LogP contribution in [-0.2, 0) is 6.54 Å². The van der Waals surface area contributed by atoms with Gasteiger partial charge in [0, 0.05) is 19.6 Å². The molecular weight excluding hydrogens is 190 g/mol. The zero-order valence-corrected chi connectivity index (χ0v) is 9.19. The van der Waals surface area contributed by atoms with Gasteiger partial charge in [-0.05, 0) is 18.6 Å². The van der Waals surface area contributed by atoms with Crippen molar-refractivity contribution in [3.63, 3.8) is 0 Å². The third kappa shape index (κ3) is 3.49. The Morgan fingerprint density at radius 2 is 2.20 bits per heavy atom. The molecule has 0 bridgehead atoms. The van der Waals surface area contributed by atoms with E-state index in [1.54, 1.807) is 0 Å². The highest BCUT2D eigenvalue weighted by molar-refractivity contribution is 5.44. The van der Waals surface area contributed by atoms with Crippen molar-refractivity contribution in [2.75, 3.05) is 24.6 Å². The third-order valence-corrected chi connectivity index (χ3v) is 2.25. The number of hydrogen-bond donors (Lipinski definition) is 2. The molecule has 0 aliphatic carbocycles. The molecule has 4 heteroatoms. The summed E-state index contributed by atoms with van der Waals surface area (Å²) in [5.41, 5.74) is 7.41. The molecule has 0 amide bonds. The Morgan fingerprint density at radius 3 is 2.67 bits per heavy atom. The van der Waals surface area contributed by atoms with E-state index in [0.717, 1.165) is 24.3 Å². The highest BCUT2D eigenvalue weighted by Crippen LogP contribution is 2.12. The fraction of sp³-hybridized carbons (Fsp3) is 0.545. The van der Waals surface area contributed by atoms with Crippen molar-refractivity contribution in [2.24, 2.45) is 5.73 Å². The Balaban J connectivity index is 2.72. The van der Waals surface area contributed by atoms with Crippen molar-refractivity contribution in [3.8, 4) is 0 Å². The highest BCUT2D eigenvalue weighted by Gasteiger charge is 2.04. The van der Waals surface area contributed by atoms with Gasteiger partial charge in [-0.1, -0.05) is 6.92 Å². The van der Waals surface area contributed by atoms with E-state index in [2.05, 4.69) is 16.8 Å². The van der Waals surface area contributed by atoms with Crippen LogP contribution in [0.4, 0.5) is 5.69 Å². The lowest BCUT2D eigenvalue weighted by atomic mass is 10.3. The summed E-state index contributed by atoms with van der Waals surface area (Å²) < 4.78 is 0. The summed E-state index contributed by atoms with van der Waals surface area (Å²) in [6, 6.07) is 3.93. The van der Waals surface area contributed by atoms with Crippen LogP contribution in [0.2, 0.25) is 0 Å². The molecule has 84 valence electrons. The maximum absolute atomic E-state index is 8.94. The van der Waals surface area contributed by atoms with E-state index in [1.165, 1.54) is 0 Å². The minimum Gasteiger partial charge on any atom is -0.395 e. The monoisotopic (exact) mass is 209 g/mol. The van der Waals surface area contributed by atoms with Gasteiger partial charge >= 0.3 is 0 Å². The summed E-state index contributed by atoms with van der Waals surface area (Å²) in [4.78, 5) is 6.35. The Labute approximate surface area is 90.7 Å². The van der Waals surface area contributed by atoms with Crippen LogP contribution in [0.25, 0.3) is 0 Å². The topological polar surface area (TPSA) is 62.4 Å². The summed E-state index contributed by atoms with van der Waals surface area (Å²) in [7, 11) is 0. The molecule has 0 unspecified atom stereocenters. The lowest BCUT2D eigenvalue weighted by Gasteiger charge is -2.22. The average Bonchev–Trinajstić information content (AvgIpc) is 2.29. The van der Waals surface area contributed by atoms with Crippen LogP contribution in [0.3, 0.4) is 0 Å². The summed E-state index contributed by atoms with van der Waals surface area (Å²) in [5, 5.41) is 8.94. The van der Waals surface area contributed by atoms with Crippen molar-refractivity contribution in [1.82, 2.24) is 4.98 Å². The minimum absolute atomic E-state index is 0.165. The molecule has 1 heterocycles. The van der Waals surface area contributed by atoms with Gasteiger partial charge in [-0.15, -0.1) is 0 Å². The van der Waals surface area contributed by atoms with E-state index in [9.17, 15) is 0 Å². The first-order valence-corrected chi connectivity index (χ1v) is 5.32. The fourth-order valence-corrected chi connectivity index (χ4v) is 1.49. The van der Waals surface area contributed by atoms with Crippen LogP contribution in [0, 0.1) is 0 Å². The molecular formula is C11H19N3O. The van der Waals surface area contributed by atoms with Crippen LogP contribution in [0.1, 0.15) is 19.0 Å². The number of nitrogens with two attached hydrogens (primary N) is 1. The smallest absolute Gasteiger partial charge is 0.0606 e. The number of rotatable bonds is 6. The maximum Gasteiger partial charge on any atom is 0.0606 e. The van der Waals surface area contributed by atoms with E-state index in [-0.39, 0.29) is 6.61 Å². The molecule has 1 rings (SSSR count). The van der Waals surface area contributed by atoms with Crippen LogP contribution in [0.5, 0.6) is 0 Å². The second-order valence-corrected chi connectivity index (χ2v) is 3.42. The lowest BCUT2D eigenvalue weighted by molar-refractivity contribution is 0.302. The minimum atomic E-state index is 0.165. The molecule has 0 aromatic carbocycles. The number of aliphatic hydroxyl groups excluding tert-OH is 1. The number of nitrogens with zero attached hydrogens (tertiary/aromatic N) is 2. The van der Waals surface area contributed by atoms with Crippen LogP contribution < -0.4 is 10.6 Å². The first-order chi connectivity index (χ1) is 7.31. The fourth-order valence-electron chi connectivity index (χ4n) is 1.49. The molecule has 4 nitrogen and oxygen atoms in total. The number of pyridine rings is 1. The van der Waals surface area contributed by atoms with Crippen LogP contribution in [-0.4, -0.2) is 29.8 Å². The van der Waals surface area contributed by atoms with Crippen molar-refractivity contribution in [1.29, 1.82) is 0 Å². The Bertz CT molecular complexity index is 268. The Morgan fingerprint density at radius 1 is 1.40 bits per heavy atom. The molecule has 0 aliphatic heterocycles. The second kappa shape index (κ2) is 6.37. The normalized spacial score (nSPS) is 10.3. The lowest BCUT2D eigenvalue weighted by Crippen LogP contribution is -2.27. The molecule has 3 N–H and O–H groups in total. The Hall–Kier alpha value is -1.13. The van der Waals surface area contributed by atoms with Crippen molar-refractivity contribution in [2.45, 2.75) is 19.9 Å². The van der Waals surface area contributed by atoms with Gasteiger partial charge in [-0.25, -0.2) is 0 Å². The van der Waals surface area contributed by atoms with Crippen molar-refractivity contribution >= 4 is 5.69 Å². The van der Waals surface area contributed by atoms with Crippen LogP contribution in [0.15, 0.2) is 18.3 Å².